The van der Waals surface area contributed by atoms with E-state index in [4.69, 9.17) is 20.1 Å². The van der Waals surface area contributed by atoms with E-state index < -0.39 is 5.41 Å². The van der Waals surface area contributed by atoms with Crippen molar-refractivity contribution in [2.24, 2.45) is 5.41 Å². The highest BCUT2D eigenvalue weighted by molar-refractivity contribution is 5.10. The number of rotatable bonds is 4. The van der Waals surface area contributed by atoms with Crippen molar-refractivity contribution in [1.82, 2.24) is 0 Å². The summed E-state index contributed by atoms with van der Waals surface area (Å²) < 4.78 is 0. The zero-order valence-electron chi connectivity index (χ0n) is 6.79. The van der Waals surface area contributed by atoms with E-state index in [-0.39, 0.29) is 19.8 Å². The number of aliphatic hydroxyl groups is 3. The molecule has 0 amide bonds. The van der Waals surface area contributed by atoms with Gasteiger partial charge in [-0.25, -0.2) is 0 Å². The van der Waals surface area contributed by atoms with Gasteiger partial charge in [-0.15, -0.1) is 0 Å². The van der Waals surface area contributed by atoms with Gasteiger partial charge in [-0.1, -0.05) is 6.92 Å². The van der Waals surface area contributed by atoms with Gasteiger partial charge in [0.25, 0.3) is 0 Å². The molecule has 0 fully saturated rings. The number of hydrogen-bond acceptors (Lipinski definition) is 4. The van der Waals surface area contributed by atoms with E-state index >= 15 is 0 Å². The van der Waals surface area contributed by atoms with Crippen LogP contribution in [-0.4, -0.2) is 41.9 Å². The molecule has 3 N–H and O–H groups in total. The Bertz CT molecular complexity index is 63.0. The Kier molecular flexibility index (Phi) is 9.16. The van der Waals surface area contributed by atoms with Gasteiger partial charge in [-0.05, 0) is 6.42 Å². The molecular weight excluding hydrogens is 148 g/mol. The van der Waals surface area contributed by atoms with Crippen molar-refractivity contribution in [2.45, 2.75) is 13.3 Å². The molecule has 0 saturated heterocycles. The number of carbonyl (C=O) groups excluding carboxylic acids is 1. The third-order valence-electron chi connectivity index (χ3n) is 1.76. The maximum atomic E-state index is 8.66. The van der Waals surface area contributed by atoms with Crippen LogP contribution in [0.1, 0.15) is 13.3 Å². The molecular formula is C7H16O4. The van der Waals surface area contributed by atoms with E-state index in [2.05, 4.69) is 0 Å². The van der Waals surface area contributed by atoms with Crippen LogP contribution in [0.3, 0.4) is 0 Å². The topological polar surface area (TPSA) is 77.8 Å². The summed E-state index contributed by atoms with van der Waals surface area (Å²) in [4.78, 5) is 8.00. The first-order chi connectivity index (χ1) is 5.24. The third-order valence-corrected chi connectivity index (χ3v) is 1.76. The molecule has 0 heterocycles. The summed E-state index contributed by atoms with van der Waals surface area (Å²) in [7, 11) is 0. The summed E-state index contributed by atoms with van der Waals surface area (Å²) in [6.45, 7) is 3.35. The summed E-state index contributed by atoms with van der Waals surface area (Å²) in [5.74, 6) is 0. The van der Waals surface area contributed by atoms with E-state index in [1.165, 1.54) is 0 Å². The predicted octanol–water partition coefficient (Wildman–Crippen LogP) is -0.825. The zero-order chi connectivity index (χ0) is 9.33. The normalized spacial score (nSPS) is 10.2. The van der Waals surface area contributed by atoms with Crippen LogP contribution < -0.4 is 0 Å². The summed E-state index contributed by atoms with van der Waals surface area (Å²) in [5.41, 5.74) is -0.667. The standard InChI is InChI=1S/C6H14O3.CH2O/c1-2-6(3-7,4-8)5-9;1-2/h7-9H,2-5H2,1H3;1H2. The van der Waals surface area contributed by atoms with E-state index in [0.29, 0.717) is 6.42 Å². The molecule has 0 bridgehead atoms. The first-order valence-electron chi connectivity index (χ1n) is 3.36. The average Bonchev–Trinajstić information content (AvgIpc) is 2.13. The maximum Gasteiger partial charge on any atom is 0.106 e. The highest BCUT2D eigenvalue weighted by Gasteiger charge is 2.24. The van der Waals surface area contributed by atoms with Crippen molar-refractivity contribution in [3.05, 3.63) is 0 Å². The number of hydrogen-bond donors (Lipinski definition) is 3. The second kappa shape index (κ2) is 7.65. The van der Waals surface area contributed by atoms with E-state index in [1.807, 2.05) is 13.7 Å². The van der Waals surface area contributed by atoms with Crippen LogP contribution in [0, 0.1) is 5.41 Å². The van der Waals surface area contributed by atoms with Crippen molar-refractivity contribution in [1.29, 1.82) is 0 Å². The second-order valence-corrected chi connectivity index (χ2v) is 2.33. The van der Waals surface area contributed by atoms with Gasteiger partial charge in [0.15, 0.2) is 0 Å². The molecule has 0 aliphatic carbocycles. The van der Waals surface area contributed by atoms with Crippen LogP contribution in [0.4, 0.5) is 0 Å². The smallest absolute Gasteiger partial charge is 0.106 e. The molecule has 0 aliphatic rings. The van der Waals surface area contributed by atoms with E-state index in [1.54, 1.807) is 0 Å². The van der Waals surface area contributed by atoms with Crippen LogP contribution in [0.25, 0.3) is 0 Å². The molecule has 68 valence electrons. The fourth-order valence-electron chi connectivity index (χ4n) is 0.485. The summed E-state index contributed by atoms with van der Waals surface area (Å²) >= 11 is 0. The van der Waals surface area contributed by atoms with Gasteiger partial charge in [-0.3, -0.25) is 0 Å². The zero-order valence-corrected chi connectivity index (χ0v) is 6.79. The fraction of sp³-hybridized carbons (Fsp3) is 0.857. The molecule has 0 unspecified atom stereocenters. The molecule has 4 nitrogen and oxygen atoms in total. The quantitative estimate of drug-likeness (QED) is 0.507. The van der Waals surface area contributed by atoms with Crippen LogP contribution in [0.2, 0.25) is 0 Å². The van der Waals surface area contributed by atoms with Gasteiger partial charge in [0.1, 0.15) is 6.79 Å². The molecule has 0 aromatic heterocycles. The average molecular weight is 164 g/mol. The summed E-state index contributed by atoms with van der Waals surface area (Å²) in [6.07, 6.45) is 0.594. The van der Waals surface area contributed by atoms with Gasteiger partial charge >= 0.3 is 0 Å². The molecule has 0 spiro atoms. The molecule has 0 aliphatic heterocycles. The minimum Gasteiger partial charge on any atom is -0.396 e. The van der Waals surface area contributed by atoms with Gasteiger partial charge in [0, 0.05) is 5.41 Å². The minimum absolute atomic E-state index is 0.156. The lowest BCUT2D eigenvalue weighted by Gasteiger charge is -2.24. The first kappa shape index (κ1) is 13.2. The molecule has 4 heteroatoms. The van der Waals surface area contributed by atoms with Crippen LogP contribution >= 0.6 is 0 Å². The van der Waals surface area contributed by atoms with Gasteiger partial charge < -0.3 is 20.1 Å². The Morgan fingerprint density at radius 1 is 1.09 bits per heavy atom. The first-order valence-corrected chi connectivity index (χ1v) is 3.36. The van der Waals surface area contributed by atoms with Crippen molar-refractivity contribution in [2.75, 3.05) is 19.8 Å². The Morgan fingerprint density at radius 2 is 1.36 bits per heavy atom. The Labute approximate surface area is 66.5 Å². The minimum atomic E-state index is -0.667. The summed E-state index contributed by atoms with van der Waals surface area (Å²) in [6, 6.07) is 0. The van der Waals surface area contributed by atoms with Crippen LogP contribution in [0.5, 0.6) is 0 Å². The lowest BCUT2D eigenvalue weighted by atomic mass is 9.88. The molecule has 0 aromatic rings. The molecule has 11 heavy (non-hydrogen) atoms. The molecule has 0 atom stereocenters. The van der Waals surface area contributed by atoms with Gasteiger partial charge in [-0.2, -0.15) is 0 Å². The molecule has 0 aromatic carbocycles. The third kappa shape index (κ3) is 4.08. The van der Waals surface area contributed by atoms with Gasteiger partial charge in [0.2, 0.25) is 0 Å². The molecule has 0 radical (unpaired) electrons. The van der Waals surface area contributed by atoms with Crippen molar-refractivity contribution in [3.8, 4) is 0 Å². The second-order valence-electron chi connectivity index (χ2n) is 2.33. The monoisotopic (exact) mass is 164 g/mol. The highest BCUT2D eigenvalue weighted by Crippen LogP contribution is 2.18. The highest BCUT2D eigenvalue weighted by atomic mass is 16.3. The predicted molar refractivity (Wildman–Crippen MR) is 41.1 cm³/mol. The van der Waals surface area contributed by atoms with Crippen molar-refractivity contribution in [3.63, 3.8) is 0 Å². The fourth-order valence-corrected chi connectivity index (χ4v) is 0.485. The van der Waals surface area contributed by atoms with E-state index in [9.17, 15) is 0 Å². The Morgan fingerprint density at radius 3 is 1.36 bits per heavy atom. The number of carbonyl (C=O) groups is 1. The Hall–Kier alpha value is -0.450. The maximum absolute atomic E-state index is 8.66. The van der Waals surface area contributed by atoms with Gasteiger partial charge in [0.05, 0.1) is 19.8 Å². The largest absolute Gasteiger partial charge is 0.396 e. The van der Waals surface area contributed by atoms with Crippen LogP contribution in [-0.2, 0) is 4.79 Å². The van der Waals surface area contributed by atoms with Crippen molar-refractivity contribution < 1.29 is 20.1 Å². The Balaban J connectivity index is 0. The molecule has 0 saturated carbocycles. The lowest BCUT2D eigenvalue weighted by Crippen LogP contribution is -2.32. The van der Waals surface area contributed by atoms with Crippen molar-refractivity contribution >= 4 is 6.79 Å². The van der Waals surface area contributed by atoms with E-state index in [0.717, 1.165) is 0 Å². The van der Waals surface area contributed by atoms with Crippen LogP contribution in [0.15, 0.2) is 0 Å². The molecule has 0 rings (SSSR count). The number of aliphatic hydroxyl groups excluding tert-OH is 3. The SMILES string of the molecule is C=O.CCC(CO)(CO)CO. The summed E-state index contributed by atoms with van der Waals surface area (Å²) in [5, 5.41) is 26.0. The lowest BCUT2D eigenvalue weighted by molar-refractivity contribution is -0.0979.